The lowest BCUT2D eigenvalue weighted by atomic mass is 10.1. The number of hydrogen-bond acceptors (Lipinski definition) is 5. The second kappa shape index (κ2) is 8.73. The number of benzene rings is 3. The zero-order valence-electron chi connectivity index (χ0n) is 17.3. The lowest BCUT2D eigenvalue weighted by molar-refractivity contribution is -0.137. The van der Waals surface area contributed by atoms with E-state index in [4.69, 9.17) is 4.52 Å². The molecule has 34 heavy (non-hydrogen) atoms. The quantitative estimate of drug-likeness (QED) is 0.321. The van der Waals surface area contributed by atoms with Gasteiger partial charge in [-0.3, -0.25) is 0 Å². The lowest BCUT2D eigenvalue weighted by Gasteiger charge is -2.13. The second-order valence-corrected chi connectivity index (χ2v) is 7.41. The molecule has 3 aromatic carbocycles. The average molecular weight is 479 g/mol. The fraction of sp³-hybridized carbons (Fsp3) is 0.130. The van der Waals surface area contributed by atoms with Gasteiger partial charge in [0.2, 0.25) is 5.82 Å². The van der Waals surface area contributed by atoms with E-state index in [1.165, 1.54) is 0 Å². The van der Waals surface area contributed by atoms with Gasteiger partial charge in [0.15, 0.2) is 17.4 Å². The second-order valence-electron chi connectivity index (χ2n) is 7.41. The predicted molar refractivity (Wildman–Crippen MR) is 110 cm³/mol. The van der Waals surface area contributed by atoms with E-state index < -0.39 is 34.9 Å². The molecule has 11 heteroatoms. The summed E-state index contributed by atoms with van der Waals surface area (Å²) in [6.45, 7) is 1.65. The van der Waals surface area contributed by atoms with Gasteiger partial charge < -0.3 is 14.9 Å². The standard InChI is InChI=1S/C23H15F6N3O2/c1-11-2-3-13(21-31-22(34-32-21)16-4-5-17(25)20(33)19(16)26)8-18(11)30-10-12-6-14(23(27,28)29)9-15(24)7-12/h2-9,30,33H,10H2,1H3. The Hall–Kier alpha value is -4.02. The van der Waals surface area contributed by atoms with Crippen molar-refractivity contribution < 1.29 is 36.0 Å². The van der Waals surface area contributed by atoms with E-state index in [1.807, 2.05) is 0 Å². The smallest absolute Gasteiger partial charge is 0.416 e. The Morgan fingerprint density at radius 1 is 1.00 bits per heavy atom. The minimum atomic E-state index is -4.68. The molecule has 0 radical (unpaired) electrons. The van der Waals surface area contributed by atoms with E-state index in [-0.39, 0.29) is 29.4 Å². The SMILES string of the molecule is Cc1ccc(-c2noc(-c3ccc(F)c(O)c3F)n2)cc1NCc1cc(F)cc(C(F)(F)F)c1. The third kappa shape index (κ3) is 4.68. The summed E-state index contributed by atoms with van der Waals surface area (Å²) in [5, 5.41) is 16.2. The van der Waals surface area contributed by atoms with Gasteiger partial charge in [0, 0.05) is 17.8 Å². The molecule has 0 aliphatic carbocycles. The number of nitrogens with zero attached hydrogens (tertiary/aromatic N) is 2. The number of alkyl halides is 3. The molecule has 1 aromatic heterocycles. The molecule has 0 aliphatic heterocycles. The monoisotopic (exact) mass is 479 g/mol. The van der Waals surface area contributed by atoms with E-state index in [9.17, 15) is 31.4 Å². The minimum Gasteiger partial charge on any atom is -0.503 e. The molecule has 5 nitrogen and oxygen atoms in total. The molecular weight excluding hydrogens is 464 g/mol. The number of aromatic nitrogens is 2. The molecule has 0 bridgehead atoms. The van der Waals surface area contributed by atoms with Gasteiger partial charge in [0.25, 0.3) is 5.89 Å². The van der Waals surface area contributed by atoms with Gasteiger partial charge in [-0.2, -0.15) is 18.2 Å². The Labute approximate surface area is 188 Å². The highest BCUT2D eigenvalue weighted by atomic mass is 19.4. The van der Waals surface area contributed by atoms with E-state index in [0.29, 0.717) is 17.3 Å². The minimum absolute atomic E-state index is 0.0476. The van der Waals surface area contributed by atoms with Crippen LogP contribution in [0, 0.1) is 24.4 Å². The highest BCUT2D eigenvalue weighted by Crippen LogP contribution is 2.33. The molecule has 0 saturated carbocycles. The largest absolute Gasteiger partial charge is 0.503 e. The maximum Gasteiger partial charge on any atom is 0.416 e. The molecule has 0 fully saturated rings. The van der Waals surface area contributed by atoms with Crippen molar-refractivity contribution in [1.82, 2.24) is 10.1 Å². The molecule has 0 aliphatic rings. The topological polar surface area (TPSA) is 71.2 Å². The van der Waals surface area contributed by atoms with Crippen molar-refractivity contribution in [2.75, 3.05) is 5.32 Å². The maximum atomic E-state index is 14.1. The molecule has 4 rings (SSSR count). The van der Waals surface area contributed by atoms with E-state index in [1.54, 1.807) is 25.1 Å². The summed E-state index contributed by atoms with van der Waals surface area (Å²) in [5.74, 6) is -4.82. The Morgan fingerprint density at radius 2 is 1.76 bits per heavy atom. The number of phenolic OH excluding ortho intramolecular Hbond substituents is 1. The highest BCUT2D eigenvalue weighted by Gasteiger charge is 2.31. The van der Waals surface area contributed by atoms with Gasteiger partial charge >= 0.3 is 6.18 Å². The Kier molecular flexibility index (Phi) is 5.94. The van der Waals surface area contributed by atoms with Crippen LogP contribution in [-0.4, -0.2) is 15.2 Å². The van der Waals surface area contributed by atoms with Crippen LogP contribution < -0.4 is 5.32 Å². The van der Waals surface area contributed by atoms with Crippen molar-refractivity contribution in [1.29, 1.82) is 0 Å². The summed E-state index contributed by atoms with van der Waals surface area (Å²) in [6.07, 6.45) is -4.68. The van der Waals surface area contributed by atoms with Crippen molar-refractivity contribution in [3.8, 4) is 28.6 Å². The number of anilines is 1. The van der Waals surface area contributed by atoms with Crippen LogP contribution in [0.5, 0.6) is 5.75 Å². The first kappa shape index (κ1) is 23.1. The molecule has 2 N–H and O–H groups in total. The van der Waals surface area contributed by atoms with Gasteiger partial charge in [-0.1, -0.05) is 17.3 Å². The Morgan fingerprint density at radius 3 is 2.50 bits per heavy atom. The van der Waals surface area contributed by atoms with E-state index >= 15 is 0 Å². The van der Waals surface area contributed by atoms with Gasteiger partial charge in [0.05, 0.1) is 11.1 Å². The van der Waals surface area contributed by atoms with Crippen LogP contribution in [0.4, 0.5) is 32.0 Å². The molecule has 4 aromatic rings. The number of halogens is 6. The third-order valence-corrected chi connectivity index (χ3v) is 4.99. The first-order valence-electron chi connectivity index (χ1n) is 9.75. The average Bonchev–Trinajstić information content (AvgIpc) is 3.26. The van der Waals surface area contributed by atoms with Crippen LogP contribution in [0.2, 0.25) is 0 Å². The fourth-order valence-corrected chi connectivity index (χ4v) is 3.22. The first-order valence-corrected chi connectivity index (χ1v) is 9.75. The highest BCUT2D eigenvalue weighted by molar-refractivity contribution is 5.67. The van der Waals surface area contributed by atoms with Crippen LogP contribution in [0.3, 0.4) is 0 Å². The van der Waals surface area contributed by atoms with Crippen LogP contribution >= 0.6 is 0 Å². The molecular formula is C23H15F6N3O2. The summed E-state index contributed by atoms with van der Waals surface area (Å²) < 4.78 is 84.9. The van der Waals surface area contributed by atoms with Crippen molar-refractivity contribution >= 4 is 5.69 Å². The molecule has 176 valence electrons. The Balaban J connectivity index is 1.58. The summed E-state index contributed by atoms with van der Waals surface area (Å²) >= 11 is 0. The van der Waals surface area contributed by atoms with E-state index in [2.05, 4.69) is 15.5 Å². The van der Waals surface area contributed by atoms with Crippen molar-refractivity contribution in [2.24, 2.45) is 0 Å². The number of aryl methyl sites for hydroxylation is 1. The number of nitrogens with one attached hydrogen (secondary N) is 1. The van der Waals surface area contributed by atoms with E-state index in [0.717, 1.165) is 29.8 Å². The fourth-order valence-electron chi connectivity index (χ4n) is 3.22. The van der Waals surface area contributed by atoms with Crippen molar-refractivity contribution in [2.45, 2.75) is 19.6 Å². The molecule has 0 spiro atoms. The summed E-state index contributed by atoms with van der Waals surface area (Å²) in [7, 11) is 0. The summed E-state index contributed by atoms with van der Waals surface area (Å²) in [4.78, 5) is 4.07. The van der Waals surface area contributed by atoms with Crippen LogP contribution in [-0.2, 0) is 12.7 Å². The predicted octanol–water partition coefficient (Wildman–Crippen LogP) is 6.47. The third-order valence-electron chi connectivity index (χ3n) is 4.99. The van der Waals surface area contributed by atoms with Gasteiger partial charge in [-0.05, 0) is 54.4 Å². The van der Waals surface area contributed by atoms with Crippen molar-refractivity contribution in [3.63, 3.8) is 0 Å². The molecule has 0 amide bonds. The van der Waals surface area contributed by atoms with Crippen molar-refractivity contribution in [3.05, 3.63) is 82.7 Å². The molecule has 1 heterocycles. The van der Waals surface area contributed by atoms with Gasteiger partial charge in [0.1, 0.15) is 5.82 Å². The first-order chi connectivity index (χ1) is 16.0. The summed E-state index contributed by atoms with van der Waals surface area (Å²) in [6, 6.07) is 9.08. The van der Waals surface area contributed by atoms with Crippen LogP contribution in [0.25, 0.3) is 22.8 Å². The molecule has 0 atom stereocenters. The zero-order chi connectivity index (χ0) is 24.6. The number of aromatic hydroxyl groups is 1. The number of phenols is 1. The number of hydrogen-bond donors (Lipinski definition) is 2. The van der Waals surface area contributed by atoms with Gasteiger partial charge in [-0.25, -0.2) is 13.2 Å². The molecule has 0 unspecified atom stereocenters. The summed E-state index contributed by atoms with van der Waals surface area (Å²) in [5.41, 5.74) is 0.361. The normalized spacial score (nSPS) is 11.6. The molecule has 0 saturated heterocycles. The van der Waals surface area contributed by atoms with Crippen LogP contribution in [0.15, 0.2) is 53.1 Å². The maximum absolute atomic E-state index is 14.1. The van der Waals surface area contributed by atoms with Gasteiger partial charge in [-0.15, -0.1) is 0 Å². The zero-order valence-corrected chi connectivity index (χ0v) is 17.3. The lowest BCUT2D eigenvalue weighted by Crippen LogP contribution is -2.08. The Bertz CT molecular complexity index is 1370. The van der Waals surface area contributed by atoms with Crippen LogP contribution in [0.1, 0.15) is 16.7 Å². The number of rotatable bonds is 5.